The molecular weight excluding hydrogens is 308 g/mol. The average Bonchev–Trinajstić information content (AvgIpc) is 2.89. The number of para-hydroxylation sites is 1. The number of carbonyl (C=O) groups excluding carboxylic acids is 1. The van der Waals surface area contributed by atoms with Crippen LogP contribution < -0.4 is 10.1 Å². The van der Waals surface area contributed by atoms with Gasteiger partial charge in [-0.05, 0) is 24.3 Å². The Kier molecular flexibility index (Phi) is 5.90. The Balaban J connectivity index is 1.67. The lowest BCUT2D eigenvalue weighted by atomic mass is 10.3. The summed E-state index contributed by atoms with van der Waals surface area (Å²) in [5.41, 5.74) is 0. The zero-order chi connectivity index (χ0) is 15.1. The number of rotatable bonds is 6. The van der Waals surface area contributed by atoms with Crippen molar-refractivity contribution >= 4 is 29.0 Å². The van der Waals surface area contributed by atoms with E-state index in [2.05, 4.69) is 5.32 Å². The van der Waals surface area contributed by atoms with Crippen molar-refractivity contribution in [2.75, 3.05) is 20.2 Å². The molecule has 2 amide bonds. The molecule has 0 saturated carbocycles. The fourth-order valence-electron chi connectivity index (χ4n) is 1.72. The summed E-state index contributed by atoms with van der Waals surface area (Å²) in [7, 11) is 1.75. The predicted octanol–water partition coefficient (Wildman–Crippen LogP) is 3.62. The van der Waals surface area contributed by atoms with Crippen LogP contribution >= 0.6 is 22.9 Å². The molecule has 6 heteroatoms. The molecular formula is C15H17ClN2O2S. The molecule has 0 saturated heterocycles. The first kappa shape index (κ1) is 15.7. The highest BCUT2D eigenvalue weighted by molar-refractivity contribution is 7.16. The Bertz CT molecular complexity index is 574. The van der Waals surface area contributed by atoms with Crippen LogP contribution in [0, 0.1) is 0 Å². The number of urea groups is 1. The van der Waals surface area contributed by atoms with Gasteiger partial charge in [-0.25, -0.2) is 4.79 Å². The number of halogens is 1. The smallest absolute Gasteiger partial charge is 0.317 e. The number of thiophene rings is 1. The van der Waals surface area contributed by atoms with Crippen molar-refractivity contribution in [2.45, 2.75) is 6.54 Å². The maximum Gasteiger partial charge on any atom is 0.317 e. The first-order chi connectivity index (χ1) is 10.1. The minimum absolute atomic E-state index is 0.129. The topological polar surface area (TPSA) is 41.6 Å². The molecule has 0 aliphatic heterocycles. The molecule has 112 valence electrons. The van der Waals surface area contributed by atoms with Crippen molar-refractivity contribution < 1.29 is 9.53 Å². The van der Waals surface area contributed by atoms with E-state index in [4.69, 9.17) is 16.3 Å². The van der Waals surface area contributed by atoms with Gasteiger partial charge in [0, 0.05) is 11.9 Å². The maximum absolute atomic E-state index is 11.9. The molecule has 2 rings (SSSR count). The van der Waals surface area contributed by atoms with Crippen molar-refractivity contribution in [2.24, 2.45) is 0 Å². The normalized spacial score (nSPS) is 10.2. The monoisotopic (exact) mass is 324 g/mol. The van der Waals surface area contributed by atoms with Crippen LogP contribution in [-0.4, -0.2) is 31.1 Å². The van der Waals surface area contributed by atoms with Crippen molar-refractivity contribution in [1.29, 1.82) is 0 Å². The van der Waals surface area contributed by atoms with Gasteiger partial charge in [0.2, 0.25) is 0 Å². The minimum Gasteiger partial charge on any atom is -0.492 e. The van der Waals surface area contributed by atoms with Gasteiger partial charge in [0.05, 0.1) is 17.4 Å². The van der Waals surface area contributed by atoms with E-state index in [1.54, 1.807) is 11.9 Å². The fraction of sp³-hybridized carbons (Fsp3) is 0.267. The van der Waals surface area contributed by atoms with E-state index >= 15 is 0 Å². The number of hydrogen-bond acceptors (Lipinski definition) is 3. The number of nitrogens with zero attached hydrogens (tertiary/aromatic N) is 1. The van der Waals surface area contributed by atoms with Crippen LogP contribution in [0.1, 0.15) is 4.88 Å². The van der Waals surface area contributed by atoms with Gasteiger partial charge in [-0.3, -0.25) is 0 Å². The van der Waals surface area contributed by atoms with Gasteiger partial charge in [-0.1, -0.05) is 29.8 Å². The zero-order valence-corrected chi connectivity index (χ0v) is 13.3. The maximum atomic E-state index is 11.9. The van der Waals surface area contributed by atoms with Gasteiger partial charge >= 0.3 is 6.03 Å². The van der Waals surface area contributed by atoms with E-state index < -0.39 is 0 Å². The van der Waals surface area contributed by atoms with E-state index in [0.29, 0.717) is 19.7 Å². The average molecular weight is 325 g/mol. The number of amides is 2. The quantitative estimate of drug-likeness (QED) is 0.824. The van der Waals surface area contributed by atoms with E-state index in [1.165, 1.54) is 11.3 Å². The van der Waals surface area contributed by atoms with Gasteiger partial charge in [-0.15, -0.1) is 11.3 Å². The fourth-order valence-corrected chi connectivity index (χ4v) is 2.86. The molecule has 0 unspecified atom stereocenters. The molecule has 4 nitrogen and oxygen atoms in total. The van der Waals surface area contributed by atoms with Crippen molar-refractivity contribution in [3.8, 4) is 5.75 Å². The van der Waals surface area contributed by atoms with Crippen LogP contribution in [-0.2, 0) is 6.54 Å². The third-order valence-electron chi connectivity index (χ3n) is 2.76. The number of nitrogens with one attached hydrogen (secondary N) is 1. The second kappa shape index (κ2) is 7.90. The summed E-state index contributed by atoms with van der Waals surface area (Å²) in [5, 5.41) is 2.81. The number of hydrogen-bond donors (Lipinski definition) is 1. The van der Waals surface area contributed by atoms with Gasteiger partial charge in [-0.2, -0.15) is 0 Å². The van der Waals surface area contributed by atoms with Crippen LogP contribution in [0.3, 0.4) is 0 Å². The lowest BCUT2D eigenvalue weighted by Gasteiger charge is -2.17. The van der Waals surface area contributed by atoms with Crippen molar-refractivity contribution in [3.05, 3.63) is 51.7 Å². The Morgan fingerprint density at radius 2 is 2.05 bits per heavy atom. The van der Waals surface area contributed by atoms with E-state index in [1.807, 2.05) is 42.5 Å². The molecule has 1 N–H and O–H groups in total. The largest absolute Gasteiger partial charge is 0.492 e. The summed E-state index contributed by atoms with van der Waals surface area (Å²) in [5.74, 6) is 0.799. The first-order valence-electron chi connectivity index (χ1n) is 6.56. The Morgan fingerprint density at radius 1 is 1.29 bits per heavy atom. The van der Waals surface area contributed by atoms with Crippen LogP contribution in [0.2, 0.25) is 4.34 Å². The summed E-state index contributed by atoms with van der Waals surface area (Å²) in [6, 6.07) is 13.2. The van der Waals surface area contributed by atoms with Crippen LogP contribution in [0.4, 0.5) is 4.79 Å². The molecule has 21 heavy (non-hydrogen) atoms. The van der Waals surface area contributed by atoms with Crippen LogP contribution in [0.5, 0.6) is 5.75 Å². The molecule has 0 atom stereocenters. The molecule has 0 aliphatic carbocycles. The number of benzene rings is 1. The lowest BCUT2D eigenvalue weighted by molar-refractivity contribution is 0.204. The SMILES string of the molecule is CN(Cc1ccc(Cl)s1)C(=O)NCCOc1ccccc1. The highest BCUT2D eigenvalue weighted by atomic mass is 35.5. The van der Waals surface area contributed by atoms with Crippen molar-refractivity contribution in [1.82, 2.24) is 10.2 Å². The lowest BCUT2D eigenvalue weighted by Crippen LogP contribution is -2.38. The highest BCUT2D eigenvalue weighted by Crippen LogP contribution is 2.22. The molecule has 0 fully saturated rings. The predicted molar refractivity (Wildman–Crippen MR) is 86.1 cm³/mol. The Hall–Kier alpha value is -1.72. The summed E-state index contributed by atoms with van der Waals surface area (Å²) in [4.78, 5) is 14.6. The van der Waals surface area contributed by atoms with Crippen LogP contribution in [0.15, 0.2) is 42.5 Å². The summed E-state index contributed by atoms with van der Waals surface area (Å²) >= 11 is 7.35. The van der Waals surface area contributed by atoms with Gasteiger partial charge in [0.15, 0.2) is 0 Å². The van der Waals surface area contributed by atoms with Crippen LogP contribution in [0.25, 0.3) is 0 Å². The first-order valence-corrected chi connectivity index (χ1v) is 7.75. The summed E-state index contributed by atoms with van der Waals surface area (Å²) in [6.07, 6.45) is 0. The summed E-state index contributed by atoms with van der Waals surface area (Å²) < 4.78 is 6.24. The second-order valence-corrected chi connectivity index (χ2v) is 6.25. The number of ether oxygens (including phenoxy) is 1. The molecule has 0 bridgehead atoms. The molecule has 2 aromatic rings. The Morgan fingerprint density at radius 3 is 2.71 bits per heavy atom. The molecule has 0 radical (unpaired) electrons. The zero-order valence-electron chi connectivity index (χ0n) is 11.7. The highest BCUT2D eigenvalue weighted by Gasteiger charge is 2.09. The molecule has 1 aromatic heterocycles. The minimum atomic E-state index is -0.129. The van der Waals surface area contributed by atoms with E-state index in [-0.39, 0.29) is 6.03 Å². The van der Waals surface area contributed by atoms with E-state index in [9.17, 15) is 4.79 Å². The molecule has 1 aromatic carbocycles. The van der Waals surface area contributed by atoms with Crippen molar-refractivity contribution in [3.63, 3.8) is 0 Å². The van der Waals surface area contributed by atoms with E-state index in [0.717, 1.165) is 15.0 Å². The summed E-state index contributed by atoms with van der Waals surface area (Å²) in [6.45, 7) is 1.44. The third kappa shape index (κ3) is 5.28. The molecule has 1 heterocycles. The second-order valence-electron chi connectivity index (χ2n) is 4.46. The van der Waals surface area contributed by atoms with Gasteiger partial charge < -0.3 is 15.0 Å². The van der Waals surface area contributed by atoms with Gasteiger partial charge in [0.1, 0.15) is 12.4 Å². The number of carbonyl (C=O) groups is 1. The molecule has 0 aliphatic rings. The Labute approximate surface area is 133 Å². The standard InChI is InChI=1S/C15H17ClN2O2S/c1-18(11-13-7-8-14(16)21-13)15(19)17-9-10-20-12-5-3-2-4-6-12/h2-8H,9-11H2,1H3,(H,17,19). The van der Waals surface area contributed by atoms with Gasteiger partial charge in [0.25, 0.3) is 0 Å². The third-order valence-corrected chi connectivity index (χ3v) is 3.97. The molecule has 0 spiro atoms.